The number of ether oxygens (including phenoxy) is 1. The fourth-order valence-corrected chi connectivity index (χ4v) is 4.26. The van der Waals surface area contributed by atoms with Gasteiger partial charge in [0.05, 0.1) is 6.54 Å². The lowest BCUT2D eigenvalue weighted by atomic mass is 9.97. The fourth-order valence-electron chi connectivity index (χ4n) is 4.26. The van der Waals surface area contributed by atoms with Gasteiger partial charge in [-0.2, -0.15) is 0 Å². The summed E-state index contributed by atoms with van der Waals surface area (Å²) in [5.74, 6) is -0.120. The normalized spacial score (nSPS) is 16.1. The SMILES string of the molecule is NC(=O)ON(CC1c2ccccc2-c2ccccc21)C(=O)OC1CCCCC1. The van der Waals surface area contributed by atoms with E-state index < -0.39 is 12.2 Å². The molecule has 2 aliphatic carbocycles. The molecule has 1 fully saturated rings. The van der Waals surface area contributed by atoms with Gasteiger partial charge in [-0.25, -0.2) is 9.59 Å². The minimum absolute atomic E-state index is 0.120. The van der Waals surface area contributed by atoms with Crippen LogP contribution in [0, 0.1) is 0 Å². The lowest BCUT2D eigenvalue weighted by Gasteiger charge is -2.27. The number of primary amides is 1. The molecule has 0 heterocycles. The standard InChI is InChI=1S/C22H24N2O4/c23-21(25)28-24(22(26)27-15-8-2-1-3-9-15)14-20-18-12-6-4-10-16(18)17-11-5-7-13-19(17)20/h4-7,10-13,15,20H,1-3,8-9,14H2,(H2,23,25). The molecule has 2 amide bonds. The summed E-state index contributed by atoms with van der Waals surface area (Å²) in [5.41, 5.74) is 9.65. The lowest BCUT2D eigenvalue weighted by Crippen LogP contribution is -2.40. The van der Waals surface area contributed by atoms with E-state index in [1.807, 2.05) is 36.4 Å². The predicted molar refractivity (Wildman–Crippen MR) is 104 cm³/mol. The van der Waals surface area contributed by atoms with E-state index >= 15 is 0 Å². The highest BCUT2D eigenvalue weighted by molar-refractivity contribution is 5.79. The molecule has 2 aromatic rings. The number of amides is 2. The first kappa shape index (κ1) is 18.3. The number of rotatable bonds is 3. The van der Waals surface area contributed by atoms with Crippen molar-refractivity contribution in [1.29, 1.82) is 0 Å². The molecule has 28 heavy (non-hydrogen) atoms. The van der Waals surface area contributed by atoms with Crippen molar-refractivity contribution in [3.05, 3.63) is 59.7 Å². The lowest BCUT2D eigenvalue weighted by molar-refractivity contribution is -0.0923. The maximum atomic E-state index is 12.7. The third-order valence-electron chi connectivity index (χ3n) is 5.53. The van der Waals surface area contributed by atoms with Crippen molar-refractivity contribution in [2.24, 2.45) is 5.73 Å². The number of benzene rings is 2. The molecule has 2 N–H and O–H groups in total. The van der Waals surface area contributed by atoms with E-state index in [2.05, 4.69) is 12.1 Å². The highest BCUT2D eigenvalue weighted by Gasteiger charge is 2.33. The second-order valence-electron chi connectivity index (χ2n) is 7.34. The first-order chi connectivity index (χ1) is 13.6. The number of hydroxylamine groups is 2. The monoisotopic (exact) mass is 380 g/mol. The molecule has 0 bridgehead atoms. The third kappa shape index (κ3) is 3.67. The van der Waals surface area contributed by atoms with Crippen LogP contribution in [0.4, 0.5) is 9.59 Å². The van der Waals surface area contributed by atoms with Crippen LogP contribution >= 0.6 is 0 Å². The molecular weight excluding hydrogens is 356 g/mol. The fraction of sp³-hybridized carbons (Fsp3) is 0.364. The molecule has 4 rings (SSSR count). The summed E-state index contributed by atoms with van der Waals surface area (Å²) >= 11 is 0. The van der Waals surface area contributed by atoms with Gasteiger partial charge in [-0.05, 0) is 47.9 Å². The van der Waals surface area contributed by atoms with E-state index in [0.717, 1.165) is 59.4 Å². The largest absolute Gasteiger partial charge is 0.444 e. The van der Waals surface area contributed by atoms with Crippen LogP contribution < -0.4 is 5.73 Å². The van der Waals surface area contributed by atoms with Gasteiger partial charge in [0.2, 0.25) is 0 Å². The van der Waals surface area contributed by atoms with Crippen molar-refractivity contribution in [1.82, 2.24) is 5.06 Å². The van der Waals surface area contributed by atoms with Crippen LogP contribution in [0.25, 0.3) is 11.1 Å². The summed E-state index contributed by atoms with van der Waals surface area (Å²) in [5, 5.41) is 0.973. The third-order valence-corrected chi connectivity index (χ3v) is 5.53. The van der Waals surface area contributed by atoms with E-state index in [9.17, 15) is 9.59 Å². The Bertz CT molecular complexity index is 831. The zero-order chi connectivity index (χ0) is 19.5. The average molecular weight is 380 g/mol. The van der Waals surface area contributed by atoms with E-state index in [1.54, 1.807) is 0 Å². The quantitative estimate of drug-likeness (QED) is 0.790. The molecule has 2 aromatic carbocycles. The van der Waals surface area contributed by atoms with E-state index in [1.165, 1.54) is 0 Å². The highest BCUT2D eigenvalue weighted by Crippen LogP contribution is 2.44. The molecule has 1 saturated carbocycles. The summed E-state index contributed by atoms with van der Waals surface area (Å²) in [6.07, 6.45) is 3.09. The van der Waals surface area contributed by atoms with Crippen LogP contribution in [0.1, 0.15) is 49.1 Å². The Morgan fingerprint density at radius 1 is 0.929 bits per heavy atom. The summed E-state index contributed by atoms with van der Waals surface area (Å²) in [7, 11) is 0. The second-order valence-corrected chi connectivity index (χ2v) is 7.34. The van der Waals surface area contributed by atoms with Crippen molar-refractivity contribution in [3.63, 3.8) is 0 Å². The van der Waals surface area contributed by atoms with Crippen LogP contribution in [0.3, 0.4) is 0 Å². The molecule has 0 unspecified atom stereocenters. The maximum absolute atomic E-state index is 12.7. The minimum Gasteiger partial charge on any atom is -0.444 e. The number of fused-ring (bicyclic) bond motifs is 3. The van der Waals surface area contributed by atoms with Gasteiger partial charge in [-0.1, -0.05) is 55.0 Å². The van der Waals surface area contributed by atoms with Crippen molar-refractivity contribution in [2.75, 3.05) is 6.54 Å². The first-order valence-corrected chi connectivity index (χ1v) is 9.77. The van der Waals surface area contributed by atoms with Crippen molar-refractivity contribution >= 4 is 12.2 Å². The minimum atomic E-state index is -1.03. The summed E-state index contributed by atoms with van der Waals surface area (Å²) < 4.78 is 5.59. The Kier molecular flexibility index (Phi) is 5.19. The molecule has 0 saturated heterocycles. The molecule has 6 nitrogen and oxygen atoms in total. The highest BCUT2D eigenvalue weighted by atomic mass is 16.8. The van der Waals surface area contributed by atoms with E-state index in [0.29, 0.717) is 0 Å². The smallest absolute Gasteiger partial charge is 0.443 e. The molecular formula is C22H24N2O4. The number of hydrogen-bond acceptors (Lipinski definition) is 4. The van der Waals surface area contributed by atoms with Crippen LogP contribution in [-0.2, 0) is 9.57 Å². The van der Waals surface area contributed by atoms with Gasteiger partial charge in [0.15, 0.2) is 0 Å². The Labute approximate surface area is 164 Å². The summed E-state index contributed by atoms with van der Waals surface area (Å²) in [4.78, 5) is 29.2. The maximum Gasteiger partial charge on any atom is 0.443 e. The molecule has 6 heteroatoms. The van der Waals surface area contributed by atoms with Crippen molar-refractivity contribution in [2.45, 2.75) is 44.1 Å². The van der Waals surface area contributed by atoms with E-state index in [-0.39, 0.29) is 18.6 Å². The Hall–Kier alpha value is -3.02. The number of nitrogens with zero attached hydrogens (tertiary/aromatic N) is 1. The molecule has 0 spiro atoms. The van der Waals surface area contributed by atoms with Gasteiger partial charge in [0.25, 0.3) is 0 Å². The van der Waals surface area contributed by atoms with Crippen LogP contribution in [0.5, 0.6) is 0 Å². The van der Waals surface area contributed by atoms with Crippen LogP contribution in [0.2, 0.25) is 0 Å². The molecule has 146 valence electrons. The average Bonchev–Trinajstić information content (AvgIpc) is 3.02. The molecule has 0 radical (unpaired) electrons. The first-order valence-electron chi connectivity index (χ1n) is 9.77. The van der Waals surface area contributed by atoms with Gasteiger partial charge in [0.1, 0.15) is 6.10 Å². The number of hydrogen-bond donors (Lipinski definition) is 1. The summed E-state index contributed by atoms with van der Waals surface area (Å²) in [6.45, 7) is 0.155. The molecule has 2 aliphatic rings. The van der Waals surface area contributed by atoms with Gasteiger partial charge in [-0.3, -0.25) is 0 Å². The number of carbonyl (C=O) groups excluding carboxylic acids is 2. The second kappa shape index (κ2) is 7.92. The van der Waals surface area contributed by atoms with Gasteiger partial charge < -0.3 is 15.3 Å². The Morgan fingerprint density at radius 3 is 2.07 bits per heavy atom. The van der Waals surface area contributed by atoms with Crippen molar-refractivity contribution in [3.8, 4) is 11.1 Å². The van der Waals surface area contributed by atoms with Gasteiger partial charge >= 0.3 is 12.2 Å². The van der Waals surface area contributed by atoms with Gasteiger partial charge in [-0.15, -0.1) is 5.06 Å². The number of carbonyl (C=O) groups is 2. The predicted octanol–water partition coefficient (Wildman–Crippen LogP) is 4.58. The number of nitrogens with two attached hydrogens (primary N) is 1. The van der Waals surface area contributed by atoms with E-state index in [4.69, 9.17) is 15.3 Å². The van der Waals surface area contributed by atoms with Crippen LogP contribution in [0.15, 0.2) is 48.5 Å². The zero-order valence-electron chi connectivity index (χ0n) is 15.7. The van der Waals surface area contributed by atoms with Crippen molar-refractivity contribution < 1.29 is 19.2 Å². The molecule has 0 aliphatic heterocycles. The van der Waals surface area contributed by atoms with Gasteiger partial charge in [0, 0.05) is 5.92 Å². The zero-order valence-corrected chi connectivity index (χ0v) is 15.7. The van der Waals surface area contributed by atoms with Crippen LogP contribution in [-0.4, -0.2) is 29.9 Å². The Balaban J connectivity index is 1.58. The summed E-state index contributed by atoms with van der Waals surface area (Å²) in [6, 6.07) is 16.1. The molecule has 0 atom stereocenters. The topological polar surface area (TPSA) is 81.9 Å². The molecule has 0 aromatic heterocycles. The Morgan fingerprint density at radius 2 is 1.50 bits per heavy atom.